The van der Waals surface area contributed by atoms with Crippen molar-refractivity contribution < 1.29 is 23.6 Å². The van der Waals surface area contributed by atoms with Crippen molar-refractivity contribution in [1.29, 1.82) is 0 Å². The Hall–Kier alpha value is -2.64. The predicted octanol–water partition coefficient (Wildman–Crippen LogP) is 1.53. The second-order valence-corrected chi connectivity index (χ2v) is 7.50. The van der Waals surface area contributed by atoms with Crippen LogP contribution in [0.2, 0.25) is 5.02 Å². The van der Waals surface area contributed by atoms with E-state index in [1.807, 2.05) is 13.0 Å². The molecule has 29 heavy (non-hydrogen) atoms. The summed E-state index contributed by atoms with van der Waals surface area (Å²) in [5, 5.41) is 3.17. The van der Waals surface area contributed by atoms with Crippen LogP contribution >= 0.6 is 11.6 Å². The van der Waals surface area contributed by atoms with E-state index in [1.54, 1.807) is 29.2 Å². The van der Waals surface area contributed by atoms with E-state index < -0.39 is 5.82 Å². The first kappa shape index (κ1) is 21.1. The summed E-state index contributed by atoms with van der Waals surface area (Å²) >= 11 is 6.09. The molecule has 154 valence electrons. The first-order valence-electron chi connectivity index (χ1n) is 9.46. The van der Waals surface area contributed by atoms with Gasteiger partial charge in [-0.25, -0.2) is 4.39 Å². The zero-order valence-electron chi connectivity index (χ0n) is 16.2. The Morgan fingerprint density at radius 2 is 1.97 bits per heavy atom. The number of aryl methyl sites for hydroxylation is 1. The van der Waals surface area contributed by atoms with E-state index in [9.17, 15) is 14.0 Å². The SMILES string of the molecule is Cc1ccc(Cl)c(OCC(=O)N2CC[NH+](CC(=O)Nc3cccc(F)c3)CC2)c1. The fourth-order valence-electron chi connectivity index (χ4n) is 3.20. The third kappa shape index (κ3) is 6.17. The Morgan fingerprint density at radius 1 is 1.21 bits per heavy atom. The van der Waals surface area contributed by atoms with Crippen LogP contribution in [0.5, 0.6) is 5.75 Å². The Kier molecular flexibility index (Phi) is 7.06. The monoisotopic (exact) mass is 420 g/mol. The molecule has 1 heterocycles. The van der Waals surface area contributed by atoms with E-state index >= 15 is 0 Å². The van der Waals surface area contributed by atoms with Crippen molar-refractivity contribution in [3.8, 4) is 5.75 Å². The first-order chi connectivity index (χ1) is 13.9. The third-order valence-electron chi connectivity index (χ3n) is 4.78. The second-order valence-electron chi connectivity index (χ2n) is 7.09. The summed E-state index contributed by atoms with van der Waals surface area (Å²) in [6.45, 7) is 4.55. The average Bonchev–Trinajstić information content (AvgIpc) is 2.69. The summed E-state index contributed by atoms with van der Waals surface area (Å²) in [5.74, 6) is -0.177. The van der Waals surface area contributed by atoms with Gasteiger partial charge in [0.05, 0.1) is 31.2 Å². The summed E-state index contributed by atoms with van der Waals surface area (Å²) in [4.78, 5) is 27.4. The van der Waals surface area contributed by atoms with Gasteiger partial charge in [0.1, 0.15) is 11.6 Å². The van der Waals surface area contributed by atoms with Crippen molar-refractivity contribution in [3.05, 3.63) is 58.9 Å². The number of carbonyl (C=O) groups excluding carboxylic acids is 2. The highest BCUT2D eigenvalue weighted by Gasteiger charge is 2.25. The first-order valence-corrected chi connectivity index (χ1v) is 9.84. The molecule has 0 atom stereocenters. The van der Waals surface area contributed by atoms with Crippen LogP contribution in [0.3, 0.4) is 0 Å². The highest BCUT2D eigenvalue weighted by atomic mass is 35.5. The number of hydrogen-bond acceptors (Lipinski definition) is 3. The van der Waals surface area contributed by atoms with Crippen molar-refractivity contribution in [1.82, 2.24) is 4.90 Å². The molecule has 2 amide bonds. The lowest BCUT2D eigenvalue weighted by Gasteiger charge is -2.31. The van der Waals surface area contributed by atoms with Crippen LogP contribution in [-0.2, 0) is 9.59 Å². The number of nitrogens with one attached hydrogen (secondary N) is 2. The second kappa shape index (κ2) is 9.71. The number of piperazine rings is 1. The van der Waals surface area contributed by atoms with Crippen LogP contribution in [-0.4, -0.2) is 56.0 Å². The van der Waals surface area contributed by atoms with E-state index in [4.69, 9.17) is 16.3 Å². The largest absolute Gasteiger partial charge is 0.482 e. The van der Waals surface area contributed by atoms with Crippen molar-refractivity contribution >= 4 is 29.1 Å². The van der Waals surface area contributed by atoms with E-state index in [1.165, 1.54) is 12.1 Å². The molecule has 0 saturated carbocycles. The van der Waals surface area contributed by atoms with Gasteiger partial charge < -0.3 is 19.9 Å². The van der Waals surface area contributed by atoms with Crippen molar-refractivity contribution in [3.63, 3.8) is 0 Å². The molecule has 0 spiro atoms. The molecule has 8 heteroatoms. The molecule has 0 radical (unpaired) electrons. The molecule has 1 fully saturated rings. The van der Waals surface area contributed by atoms with Crippen LogP contribution in [0, 0.1) is 12.7 Å². The maximum atomic E-state index is 13.2. The molecule has 3 rings (SSSR count). The summed E-state index contributed by atoms with van der Waals surface area (Å²) in [5.41, 5.74) is 1.45. The molecule has 2 N–H and O–H groups in total. The number of nitrogens with zero attached hydrogens (tertiary/aromatic N) is 1. The van der Waals surface area contributed by atoms with E-state index in [0.29, 0.717) is 42.6 Å². The zero-order valence-corrected chi connectivity index (χ0v) is 17.0. The Balaban J connectivity index is 1.42. The lowest BCUT2D eigenvalue weighted by molar-refractivity contribution is -0.895. The minimum absolute atomic E-state index is 0.0709. The molecular weight excluding hydrogens is 397 g/mol. The number of hydrogen-bond donors (Lipinski definition) is 2. The maximum Gasteiger partial charge on any atom is 0.279 e. The fraction of sp³-hybridized carbons (Fsp3) is 0.333. The molecular formula is C21H24ClFN3O3+. The van der Waals surface area contributed by atoms with Gasteiger partial charge >= 0.3 is 0 Å². The number of rotatable bonds is 6. The van der Waals surface area contributed by atoms with Gasteiger partial charge in [-0.1, -0.05) is 23.7 Å². The number of quaternary nitrogens is 1. The number of ether oxygens (including phenoxy) is 1. The van der Waals surface area contributed by atoms with Crippen LogP contribution in [0.4, 0.5) is 10.1 Å². The molecule has 2 aromatic carbocycles. The molecule has 0 aliphatic carbocycles. The molecule has 0 unspecified atom stereocenters. The lowest BCUT2D eigenvalue weighted by Crippen LogP contribution is -3.15. The van der Waals surface area contributed by atoms with E-state index in [-0.39, 0.29) is 25.0 Å². The van der Waals surface area contributed by atoms with Gasteiger partial charge in [0.15, 0.2) is 13.2 Å². The van der Waals surface area contributed by atoms with Gasteiger partial charge in [0.25, 0.3) is 11.8 Å². The fourth-order valence-corrected chi connectivity index (χ4v) is 3.37. The van der Waals surface area contributed by atoms with E-state index in [0.717, 1.165) is 10.5 Å². The van der Waals surface area contributed by atoms with Gasteiger partial charge in [-0.15, -0.1) is 0 Å². The predicted molar refractivity (Wildman–Crippen MR) is 109 cm³/mol. The number of anilines is 1. The molecule has 1 aliphatic rings. The van der Waals surface area contributed by atoms with Crippen LogP contribution < -0.4 is 15.0 Å². The van der Waals surface area contributed by atoms with Crippen LogP contribution in [0.25, 0.3) is 0 Å². The number of halogens is 2. The van der Waals surface area contributed by atoms with Gasteiger partial charge in [-0.05, 0) is 42.8 Å². The molecule has 1 aliphatic heterocycles. The van der Waals surface area contributed by atoms with Crippen molar-refractivity contribution in [2.75, 3.05) is 44.6 Å². The smallest absolute Gasteiger partial charge is 0.279 e. The topological polar surface area (TPSA) is 63.1 Å². The molecule has 1 saturated heterocycles. The quantitative estimate of drug-likeness (QED) is 0.745. The summed E-state index contributed by atoms with van der Waals surface area (Å²) in [6, 6.07) is 11.2. The zero-order chi connectivity index (χ0) is 20.8. The minimum Gasteiger partial charge on any atom is -0.482 e. The Bertz CT molecular complexity index is 885. The van der Waals surface area contributed by atoms with Gasteiger partial charge in [-0.3, -0.25) is 9.59 Å². The van der Waals surface area contributed by atoms with Crippen LogP contribution in [0.1, 0.15) is 5.56 Å². The summed E-state index contributed by atoms with van der Waals surface area (Å²) in [7, 11) is 0. The van der Waals surface area contributed by atoms with Gasteiger partial charge in [-0.2, -0.15) is 0 Å². The third-order valence-corrected chi connectivity index (χ3v) is 5.09. The minimum atomic E-state index is -0.392. The summed E-state index contributed by atoms with van der Waals surface area (Å²) in [6.07, 6.45) is 0. The average molecular weight is 421 g/mol. The highest BCUT2D eigenvalue weighted by Crippen LogP contribution is 2.25. The van der Waals surface area contributed by atoms with E-state index in [2.05, 4.69) is 5.32 Å². The molecule has 0 aromatic heterocycles. The summed E-state index contributed by atoms with van der Waals surface area (Å²) < 4.78 is 18.8. The normalized spacial score (nSPS) is 14.5. The number of amides is 2. The van der Waals surface area contributed by atoms with Crippen LogP contribution in [0.15, 0.2) is 42.5 Å². The Morgan fingerprint density at radius 3 is 2.69 bits per heavy atom. The van der Waals surface area contributed by atoms with Crippen molar-refractivity contribution in [2.45, 2.75) is 6.92 Å². The van der Waals surface area contributed by atoms with Gasteiger partial charge in [0, 0.05) is 5.69 Å². The molecule has 2 aromatic rings. The lowest BCUT2D eigenvalue weighted by atomic mass is 10.2. The standard InChI is InChI=1S/C21H23ClFN3O3/c1-15-5-6-18(22)19(11-15)29-14-21(28)26-9-7-25(8-10-26)13-20(27)24-17-4-2-3-16(23)12-17/h2-6,11-12H,7-10,13-14H2,1H3,(H,24,27)/p+1. The van der Waals surface area contributed by atoms with Crippen molar-refractivity contribution in [2.24, 2.45) is 0 Å². The molecule has 0 bridgehead atoms. The highest BCUT2D eigenvalue weighted by molar-refractivity contribution is 6.32. The maximum absolute atomic E-state index is 13.2. The number of benzene rings is 2. The number of carbonyl (C=O) groups is 2. The molecule has 6 nitrogen and oxygen atoms in total. The Labute approximate surface area is 174 Å². The van der Waals surface area contributed by atoms with Gasteiger partial charge in [0.2, 0.25) is 0 Å².